The largest absolute Gasteiger partial charge is 0.370 e. The van der Waals surface area contributed by atoms with E-state index in [1.807, 2.05) is 0 Å². The monoisotopic (exact) mass is 198 g/mol. The molecule has 0 heterocycles. The Bertz CT molecular complexity index is 201. The van der Waals surface area contributed by atoms with Gasteiger partial charge in [-0.25, -0.2) is 0 Å². The molecular formula is C11H22N2O. The van der Waals surface area contributed by atoms with Crippen LogP contribution >= 0.6 is 0 Å². The third-order valence-electron chi connectivity index (χ3n) is 3.25. The Hall–Kier alpha value is -0.570. The average molecular weight is 198 g/mol. The third kappa shape index (κ3) is 3.29. The van der Waals surface area contributed by atoms with Gasteiger partial charge < -0.3 is 11.1 Å². The van der Waals surface area contributed by atoms with Gasteiger partial charge in [0, 0.05) is 12.5 Å². The molecule has 82 valence electrons. The van der Waals surface area contributed by atoms with Gasteiger partial charge in [0.25, 0.3) is 0 Å². The Morgan fingerprint density at radius 3 is 2.79 bits per heavy atom. The molecule has 3 heteroatoms. The summed E-state index contributed by atoms with van der Waals surface area (Å²) in [5, 5.41) is 3.52. The molecule has 0 aromatic carbocycles. The number of carbonyl (C=O) groups excluding carboxylic acids is 1. The summed E-state index contributed by atoms with van der Waals surface area (Å²) in [4.78, 5) is 10.5. The molecule has 0 aliphatic heterocycles. The van der Waals surface area contributed by atoms with Crippen LogP contribution in [0.15, 0.2) is 0 Å². The summed E-state index contributed by atoms with van der Waals surface area (Å²) in [6.45, 7) is 5.54. The molecule has 1 amide bonds. The van der Waals surface area contributed by atoms with Gasteiger partial charge in [-0.1, -0.05) is 20.3 Å². The van der Waals surface area contributed by atoms with Crippen molar-refractivity contribution in [2.75, 3.05) is 6.54 Å². The molecule has 1 rings (SSSR count). The fourth-order valence-corrected chi connectivity index (χ4v) is 2.24. The van der Waals surface area contributed by atoms with E-state index in [1.54, 1.807) is 0 Å². The van der Waals surface area contributed by atoms with Gasteiger partial charge in [-0.3, -0.25) is 4.79 Å². The van der Waals surface area contributed by atoms with Gasteiger partial charge in [0.2, 0.25) is 5.91 Å². The van der Waals surface area contributed by atoms with E-state index in [1.165, 1.54) is 19.3 Å². The van der Waals surface area contributed by atoms with Crippen molar-refractivity contribution in [1.29, 1.82) is 0 Å². The highest BCUT2D eigenvalue weighted by atomic mass is 16.1. The molecule has 0 saturated heterocycles. The number of rotatable bonds is 5. The van der Waals surface area contributed by atoms with Crippen molar-refractivity contribution in [3.05, 3.63) is 0 Å². The van der Waals surface area contributed by atoms with Crippen molar-refractivity contribution >= 4 is 5.91 Å². The SMILES string of the molecule is CC1(C)CCCC1NCCCC(N)=O. The number of nitrogens with one attached hydrogen (secondary N) is 1. The van der Waals surface area contributed by atoms with Crippen LogP contribution in [0.3, 0.4) is 0 Å². The number of hydrogen-bond acceptors (Lipinski definition) is 2. The summed E-state index contributed by atoms with van der Waals surface area (Å²) in [6, 6.07) is 0.621. The van der Waals surface area contributed by atoms with E-state index in [-0.39, 0.29) is 5.91 Å². The molecular weight excluding hydrogens is 176 g/mol. The molecule has 1 fully saturated rings. The van der Waals surface area contributed by atoms with Gasteiger partial charge in [0.15, 0.2) is 0 Å². The van der Waals surface area contributed by atoms with Crippen LogP contribution in [0.1, 0.15) is 46.0 Å². The maximum Gasteiger partial charge on any atom is 0.217 e. The van der Waals surface area contributed by atoms with Gasteiger partial charge in [-0.05, 0) is 31.2 Å². The zero-order valence-electron chi connectivity index (χ0n) is 9.31. The lowest BCUT2D eigenvalue weighted by atomic mass is 9.87. The number of primary amides is 1. The zero-order chi connectivity index (χ0) is 10.6. The van der Waals surface area contributed by atoms with Crippen LogP contribution in [0.2, 0.25) is 0 Å². The normalized spacial score (nSPS) is 25.1. The zero-order valence-corrected chi connectivity index (χ0v) is 9.31. The summed E-state index contributed by atoms with van der Waals surface area (Å²) in [5.74, 6) is -0.197. The Morgan fingerprint density at radius 1 is 1.57 bits per heavy atom. The summed E-state index contributed by atoms with van der Waals surface area (Å²) in [6.07, 6.45) is 5.26. The van der Waals surface area contributed by atoms with Gasteiger partial charge in [-0.2, -0.15) is 0 Å². The molecule has 1 unspecified atom stereocenters. The smallest absolute Gasteiger partial charge is 0.217 e. The molecule has 0 aromatic rings. The second-order valence-electron chi connectivity index (χ2n) is 4.96. The Labute approximate surface area is 86.4 Å². The number of hydrogen-bond donors (Lipinski definition) is 2. The number of amides is 1. The summed E-state index contributed by atoms with van der Waals surface area (Å²) in [7, 11) is 0. The number of nitrogens with two attached hydrogens (primary N) is 1. The fourth-order valence-electron chi connectivity index (χ4n) is 2.24. The van der Waals surface area contributed by atoms with Crippen LogP contribution in [0.4, 0.5) is 0 Å². The average Bonchev–Trinajstić information content (AvgIpc) is 2.39. The van der Waals surface area contributed by atoms with Crippen molar-refractivity contribution in [3.8, 4) is 0 Å². The summed E-state index contributed by atoms with van der Waals surface area (Å²) in [5.41, 5.74) is 5.50. The lowest BCUT2D eigenvalue weighted by molar-refractivity contribution is -0.118. The highest BCUT2D eigenvalue weighted by molar-refractivity contribution is 5.73. The van der Waals surface area contributed by atoms with E-state index < -0.39 is 0 Å². The first-order valence-corrected chi connectivity index (χ1v) is 5.54. The van der Waals surface area contributed by atoms with Crippen LogP contribution in [0.25, 0.3) is 0 Å². The quantitative estimate of drug-likeness (QED) is 0.656. The molecule has 0 spiro atoms. The van der Waals surface area contributed by atoms with Crippen LogP contribution in [0.5, 0.6) is 0 Å². The topological polar surface area (TPSA) is 55.1 Å². The molecule has 1 atom stereocenters. The summed E-state index contributed by atoms with van der Waals surface area (Å²) < 4.78 is 0. The molecule has 0 aromatic heterocycles. The van der Waals surface area contributed by atoms with Crippen molar-refractivity contribution in [3.63, 3.8) is 0 Å². The van der Waals surface area contributed by atoms with Crippen LogP contribution in [0, 0.1) is 5.41 Å². The van der Waals surface area contributed by atoms with Gasteiger partial charge >= 0.3 is 0 Å². The predicted octanol–water partition coefficient (Wildman–Crippen LogP) is 1.42. The first kappa shape index (κ1) is 11.5. The Morgan fingerprint density at radius 2 is 2.29 bits per heavy atom. The minimum atomic E-state index is -0.197. The van der Waals surface area contributed by atoms with E-state index in [4.69, 9.17) is 5.73 Å². The van der Waals surface area contributed by atoms with Crippen molar-refractivity contribution < 1.29 is 4.79 Å². The van der Waals surface area contributed by atoms with Crippen molar-refractivity contribution in [2.24, 2.45) is 11.1 Å². The fraction of sp³-hybridized carbons (Fsp3) is 0.909. The second kappa shape index (κ2) is 4.78. The molecule has 0 radical (unpaired) electrons. The third-order valence-corrected chi connectivity index (χ3v) is 3.25. The molecule has 3 nitrogen and oxygen atoms in total. The highest BCUT2D eigenvalue weighted by Crippen LogP contribution is 2.36. The van der Waals surface area contributed by atoms with E-state index in [2.05, 4.69) is 19.2 Å². The van der Waals surface area contributed by atoms with Crippen LogP contribution < -0.4 is 11.1 Å². The first-order valence-electron chi connectivity index (χ1n) is 5.54. The predicted molar refractivity (Wildman–Crippen MR) is 57.9 cm³/mol. The lowest BCUT2D eigenvalue weighted by Crippen LogP contribution is -2.38. The van der Waals surface area contributed by atoms with Crippen LogP contribution in [-0.2, 0) is 4.79 Å². The minimum Gasteiger partial charge on any atom is -0.370 e. The Kier molecular flexibility index (Phi) is 3.93. The van der Waals surface area contributed by atoms with Crippen LogP contribution in [-0.4, -0.2) is 18.5 Å². The second-order valence-corrected chi connectivity index (χ2v) is 4.96. The molecule has 1 saturated carbocycles. The van der Waals surface area contributed by atoms with E-state index >= 15 is 0 Å². The highest BCUT2D eigenvalue weighted by Gasteiger charge is 2.33. The van der Waals surface area contributed by atoms with E-state index in [9.17, 15) is 4.79 Å². The first-order chi connectivity index (χ1) is 6.52. The van der Waals surface area contributed by atoms with Gasteiger partial charge in [0.05, 0.1) is 0 Å². The molecule has 14 heavy (non-hydrogen) atoms. The van der Waals surface area contributed by atoms with Crippen molar-refractivity contribution in [1.82, 2.24) is 5.32 Å². The maximum atomic E-state index is 10.5. The molecule has 3 N–H and O–H groups in total. The van der Waals surface area contributed by atoms with Gasteiger partial charge in [-0.15, -0.1) is 0 Å². The number of carbonyl (C=O) groups is 1. The summed E-state index contributed by atoms with van der Waals surface area (Å²) >= 11 is 0. The standard InChI is InChI=1S/C11H22N2O/c1-11(2)7-3-5-9(11)13-8-4-6-10(12)14/h9,13H,3-8H2,1-2H3,(H2,12,14). The Balaban J connectivity index is 2.15. The molecule has 1 aliphatic rings. The maximum absolute atomic E-state index is 10.5. The minimum absolute atomic E-state index is 0.197. The van der Waals surface area contributed by atoms with Gasteiger partial charge in [0.1, 0.15) is 0 Å². The van der Waals surface area contributed by atoms with E-state index in [0.29, 0.717) is 17.9 Å². The lowest BCUT2D eigenvalue weighted by Gasteiger charge is -2.27. The van der Waals surface area contributed by atoms with E-state index in [0.717, 1.165) is 13.0 Å². The molecule has 0 bridgehead atoms. The molecule has 1 aliphatic carbocycles. The van der Waals surface area contributed by atoms with Crippen molar-refractivity contribution in [2.45, 2.75) is 52.0 Å².